The van der Waals surface area contributed by atoms with Crippen LogP contribution < -0.4 is 5.73 Å². The van der Waals surface area contributed by atoms with Gasteiger partial charge in [-0.1, -0.05) is 13.3 Å². The van der Waals surface area contributed by atoms with Gasteiger partial charge in [-0.3, -0.25) is 4.99 Å². The first-order valence-corrected chi connectivity index (χ1v) is 6.89. The minimum atomic E-state index is -0.159. The number of nitrogens with two attached hydrogens (primary N) is 1. The third-order valence-electron chi connectivity index (χ3n) is 4.21. The summed E-state index contributed by atoms with van der Waals surface area (Å²) in [4.78, 5) is 6.65. The van der Waals surface area contributed by atoms with Gasteiger partial charge in [0.2, 0.25) is 0 Å². The minimum absolute atomic E-state index is 0. The fourth-order valence-electron chi connectivity index (χ4n) is 2.78. The van der Waals surface area contributed by atoms with Gasteiger partial charge < -0.3 is 15.7 Å². The molecule has 2 rings (SSSR count). The molecule has 1 saturated heterocycles. The van der Waals surface area contributed by atoms with Crippen LogP contribution in [-0.2, 0) is 0 Å². The molecular formula is C13H26IN3O. The van der Waals surface area contributed by atoms with Crippen molar-refractivity contribution in [1.29, 1.82) is 0 Å². The predicted octanol–water partition coefficient (Wildman–Crippen LogP) is 1.81. The van der Waals surface area contributed by atoms with Gasteiger partial charge in [-0.25, -0.2) is 0 Å². The molecule has 2 fully saturated rings. The second kappa shape index (κ2) is 7.53. The van der Waals surface area contributed by atoms with Gasteiger partial charge in [0.25, 0.3) is 0 Å². The third kappa shape index (κ3) is 4.26. The second-order valence-electron chi connectivity index (χ2n) is 5.63. The Morgan fingerprint density at radius 3 is 2.50 bits per heavy atom. The van der Waals surface area contributed by atoms with E-state index in [0.29, 0.717) is 18.4 Å². The van der Waals surface area contributed by atoms with E-state index in [0.717, 1.165) is 38.3 Å². The molecule has 106 valence electrons. The largest absolute Gasteiger partial charge is 0.393 e. The quantitative estimate of drug-likeness (QED) is 0.445. The molecule has 2 atom stereocenters. The van der Waals surface area contributed by atoms with Crippen LogP contribution >= 0.6 is 24.0 Å². The number of rotatable bonds is 2. The summed E-state index contributed by atoms with van der Waals surface area (Å²) in [5.41, 5.74) is 6.01. The summed E-state index contributed by atoms with van der Waals surface area (Å²) in [7, 11) is 0. The smallest absolute Gasteiger partial charge is 0.191 e. The summed E-state index contributed by atoms with van der Waals surface area (Å²) in [6, 6.07) is 0. The van der Waals surface area contributed by atoms with Crippen LogP contribution in [0, 0.1) is 11.8 Å². The Morgan fingerprint density at radius 2 is 1.94 bits per heavy atom. The molecule has 2 unspecified atom stereocenters. The van der Waals surface area contributed by atoms with Gasteiger partial charge in [0.1, 0.15) is 0 Å². The first-order chi connectivity index (χ1) is 8.16. The van der Waals surface area contributed by atoms with E-state index in [1.54, 1.807) is 0 Å². The maximum atomic E-state index is 9.72. The van der Waals surface area contributed by atoms with Crippen LogP contribution in [-0.4, -0.2) is 41.7 Å². The molecule has 0 aromatic rings. The molecule has 1 heterocycles. The number of aliphatic imine (C=N–C) groups is 1. The maximum Gasteiger partial charge on any atom is 0.191 e. The molecule has 0 radical (unpaired) electrons. The number of aliphatic hydroxyl groups is 1. The molecule has 1 aliphatic carbocycles. The fourth-order valence-corrected chi connectivity index (χ4v) is 2.78. The molecule has 3 N–H and O–H groups in total. The number of guanidine groups is 1. The molecule has 2 aliphatic rings. The van der Waals surface area contributed by atoms with Crippen molar-refractivity contribution in [2.24, 2.45) is 22.6 Å². The van der Waals surface area contributed by atoms with E-state index in [1.165, 1.54) is 12.8 Å². The summed E-state index contributed by atoms with van der Waals surface area (Å²) in [5.74, 6) is 1.82. The van der Waals surface area contributed by atoms with Crippen molar-refractivity contribution in [2.45, 2.75) is 45.1 Å². The SMILES string of the molecule is CC1CCN(C(N)=NCC2CCCC2O)CC1.I. The van der Waals surface area contributed by atoms with E-state index in [2.05, 4.69) is 16.8 Å². The molecule has 4 nitrogen and oxygen atoms in total. The van der Waals surface area contributed by atoms with E-state index < -0.39 is 0 Å². The highest BCUT2D eigenvalue weighted by atomic mass is 127. The molecule has 0 amide bonds. The van der Waals surface area contributed by atoms with E-state index >= 15 is 0 Å². The van der Waals surface area contributed by atoms with Crippen molar-refractivity contribution in [1.82, 2.24) is 4.90 Å². The highest BCUT2D eigenvalue weighted by Crippen LogP contribution is 2.25. The third-order valence-corrected chi connectivity index (χ3v) is 4.21. The normalized spacial score (nSPS) is 30.3. The number of aliphatic hydroxyl groups excluding tert-OH is 1. The first-order valence-electron chi connectivity index (χ1n) is 6.89. The molecule has 0 bridgehead atoms. The van der Waals surface area contributed by atoms with Crippen LogP contribution in [0.2, 0.25) is 0 Å². The summed E-state index contributed by atoms with van der Waals surface area (Å²) in [6.45, 7) is 5.05. The lowest BCUT2D eigenvalue weighted by Gasteiger charge is -2.31. The monoisotopic (exact) mass is 367 g/mol. The molecular weight excluding hydrogens is 341 g/mol. The van der Waals surface area contributed by atoms with Crippen LogP contribution in [0.25, 0.3) is 0 Å². The number of hydrogen-bond acceptors (Lipinski definition) is 2. The average Bonchev–Trinajstić information content (AvgIpc) is 2.73. The highest BCUT2D eigenvalue weighted by molar-refractivity contribution is 14.0. The standard InChI is InChI=1S/C13H25N3O.HI/c1-10-5-7-16(8-6-10)13(14)15-9-11-3-2-4-12(11)17;/h10-12,17H,2-9H2,1H3,(H2,14,15);1H. The highest BCUT2D eigenvalue weighted by Gasteiger charge is 2.25. The topological polar surface area (TPSA) is 61.8 Å². The molecule has 0 aromatic heterocycles. The maximum absolute atomic E-state index is 9.72. The number of piperidine rings is 1. The average molecular weight is 367 g/mol. The van der Waals surface area contributed by atoms with Gasteiger partial charge in [-0.15, -0.1) is 24.0 Å². The summed E-state index contributed by atoms with van der Waals surface area (Å²) >= 11 is 0. The summed E-state index contributed by atoms with van der Waals surface area (Å²) < 4.78 is 0. The number of nitrogens with zero attached hydrogens (tertiary/aromatic N) is 2. The van der Waals surface area contributed by atoms with E-state index in [4.69, 9.17) is 5.73 Å². The molecule has 0 spiro atoms. The van der Waals surface area contributed by atoms with Gasteiger partial charge in [-0.2, -0.15) is 0 Å². The van der Waals surface area contributed by atoms with Crippen molar-refractivity contribution in [3.8, 4) is 0 Å². The Hall–Kier alpha value is -0.0400. The number of hydrogen-bond donors (Lipinski definition) is 2. The van der Waals surface area contributed by atoms with E-state index in [1.807, 2.05) is 0 Å². The molecule has 18 heavy (non-hydrogen) atoms. The number of likely N-dealkylation sites (tertiary alicyclic amines) is 1. The second-order valence-corrected chi connectivity index (χ2v) is 5.63. The van der Waals surface area contributed by atoms with Crippen LogP contribution in [0.15, 0.2) is 4.99 Å². The van der Waals surface area contributed by atoms with Crippen molar-refractivity contribution < 1.29 is 5.11 Å². The van der Waals surface area contributed by atoms with Crippen LogP contribution in [0.5, 0.6) is 0 Å². The lowest BCUT2D eigenvalue weighted by Crippen LogP contribution is -2.42. The van der Waals surface area contributed by atoms with Gasteiger partial charge in [0.15, 0.2) is 5.96 Å². The van der Waals surface area contributed by atoms with Crippen LogP contribution in [0.3, 0.4) is 0 Å². The van der Waals surface area contributed by atoms with E-state index in [9.17, 15) is 5.11 Å². The first kappa shape index (κ1) is 16.0. The Kier molecular flexibility index (Phi) is 6.70. The van der Waals surface area contributed by atoms with Gasteiger partial charge in [0, 0.05) is 25.6 Å². The molecule has 5 heteroatoms. The Bertz CT molecular complexity index is 277. The summed E-state index contributed by atoms with van der Waals surface area (Å²) in [5, 5.41) is 9.72. The minimum Gasteiger partial charge on any atom is -0.393 e. The predicted molar refractivity (Wildman–Crippen MR) is 85.2 cm³/mol. The van der Waals surface area contributed by atoms with E-state index in [-0.39, 0.29) is 30.1 Å². The van der Waals surface area contributed by atoms with Gasteiger partial charge in [0.05, 0.1) is 6.10 Å². The van der Waals surface area contributed by atoms with Gasteiger partial charge in [-0.05, 0) is 31.6 Å². The molecule has 1 aliphatic heterocycles. The zero-order valence-corrected chi connectivity index (χ0v) is 13.5. The van der Waals surface area contributed by atoms with Crippen molar-refractivity contribution in [3.05, 3.63) is 0 Å². The van der Waals surface area contributed by atoms with Crippen molar-refractivity contribution in [3.63, 3.8) is 0 Å². The molecule has 1 saturated carbocycles. The zero-order valence-electron chi connectivity index (χ0n) is 11.2. The molecule has 0 aromatic carbocycles. The lowest BCUT2D eigenvalue weighted by molar-refractivity contribution is 0.136. The lowest BCUT2D eigenvalue weighted by atomic mass is 10.00. The van der Waals surface area contributed by atoms with Crippen molar-refractivity contribution >= 4 is 29.9 Å². The van der Waals surface area contributed by atoms with Crippen LogP contribution in [0.4, 0.5) is 0 Å². The Balaban J connectivity index is 0.00000162. The van der Waals surface area contributed by atoms with Crippen molar-refractivity contribution in [2.75, 3.05) is 19.6 Å². The van der Waals surface area contributed by atoms with Crippen LogP contribution in [0.1, 0.15) is 39.0 Å². The van der Waals surface area contributed by atoms with Gasteiger partial charge >= 0.3 is 0 Å². The Morgan fingerprint density at radius 1 is 1.28 bits per heavy atom. The Labute approximate surface area is 127 Å². The number of halogens is 1. The fraction of sp³-hybridized carbons (Fsp3) is 0.923. The zero-order chi connectivity index (χ0) is 12.3. The summed E-state index contributed by atoms with van der Waals surface area (Å²) in [6.07, 6.45) is 5.41.